The van der Waals surface area contributed by atoms with Gasteiger partial charge >= 0.3 is 0 Å². The van der Waals surface area contributed by atoms with Crippen LogP contribution in [0.25, 0.3) is 22.2 Å². The van der Waals surface area contributed by atoms with Crippen molar-refractivity contribution in [3.63, 3.8) is 0 Å². The number of imide groups is 1. The maximum atomic E-state index is 13.6. The van der Waals surface area contributed by atoms with E-state index in [-0.39, 0.29) is 18.2 Å². The van der Waals surface area contributed by atoms with Crippen LogP contribution in [0.2, 0.25) is 0 Å². The van der Waals surface area contributed by atoms with Gasteiger partial charge in [0.15, 0.2) is 0 Å². The molecule has 0 spiro atoms. The summed E-state index contributed by atoms with van der Waals surface area (Å²) in [5.41, 5.74) is 7.89. The van der Waals surface area contributed by atoms with Crippen LogP contribution in [0.4, 0.5) is 28.8 Å². The monoisotopic (exact) mass is 1050 g/mol. The lowest BCUT2D eigenvalue weighted by Gasteiger charge is -2.43. The van der Waals surface area contributed by atoms with E-state index in [1.165, 1.54) is 0 Å². The van der Waals surface area contributed by atoms with Crippen molar-refractivity contribution in [1.82, 2.24) is 49.7 Å². The molecule has 18 nitrogen and oxygen atoms in total. The third kappa shape index (κ3) is 10.3. The number of likely N-dealkylation sites (tertiary alicyclic amines) is 1. The van der Waals surface area contributed by atoms with Crippen molar-refractivity contribution in [2.45, 2.75) is 57.2 Å². The number of carbonyl (C=O) groups excluding carboxylic acids is 3. The van der Waals surface area contributed by atoms with Gasteiger partial charge in [0.2, 0.25) is 17.8 Å². The van der Waals surface area contributed by atoms with Crippen molar-refractivity contribution in [2.24, 2.45) is 7.05 Å². The number of hydrogen-bond donors (Lipinski definition) is 3. The van der Waals surface area contributed by atoms with Crippen LogP contribution in [0, 0.1) is 11.8 Å². The number of carbonyl (C=O) groups is 3. The van der Waals surface area contributed by atoms with Crippen molar-refractivity contribution < 1.29 is 23.7 Å². The first kappa shape index (κ1) is 48.9. The van der Waals surface area contributed by atoms with Crippen LogP contribution in [0.15, 0.2) is 77.9 Å². The number of ether oxygens (including phenoxy) is 1. The number of piperidine rings is 2. The highest BCUT2D eigenvalue weighted by atomic mass is 79.9. The molecule has 20 heteroatoms. The molecule has 0 radical (unpaired) electrons. The third-order valence-corrected chi connectivity index (χ3v) is 16.1. The van der Waals surface area contributed by atoms with Crippen molar-refractivity contribution >= 4 is 86.0 Å². The lowest BCUT2D eigenvalue weighted by molar-refractivity contribution is -0.136. The van der Waals surface area contributed by atoms with E-state index in [4.69, 9.17) is 9.72 Å². The standard InChI is InChI=1S/C52H57BrN13O5P/c1-62-31-34(29-57-62)37-27-42(59-52-56-30-39(53)49(61-52)58-41-13-12-40-47(55-19-18-54-40)48(41)72(3,4)70)45(71-2)28-44(37)65-25-23-64(24-26-65)35-16-21-63(22-17-35)20-7-5-6-9-33-10-8-11-36-38(33)32-66(51(36)69)43-14-15-46(67)60-50(43)68/h8,10-13,18-19,27-31,35,43H,5,7,14-17,20-26,32H2,1-4H3,(H,60,67,68)(H2,56,58,59,61). The lowest BCUT2D eigenvalue weighted by Crippen LogP contribution is -2.53. The number of fused-ring (bicyclic) bond motifs is 2. The molecular weight excluding hydrogens is 998 g/mol. The molecule has 0 aliphatic carbocycles. The molecule has 4 aliphatic heterocycles. The summed E-state index contributed by atoms with van der Waals surface area (Å²) in [6.07, 6.45) is 13.3. The lowest BCUT2D eigenvalue weighted by atomic mass is 10.0. The van der Waals surface area contributed by atoms with E-state index < -0.39 is 19.1 Å². The molecular formula is C52H57BrN13O5P. The van der Waals surface area contributed by atoms with Crippen molar-refractivity contribution in [3.8, 4) is 28.7 Å². The number of aromatic nitrogens is 6. The largest absolute Gasteiger partial charge is 0.494 e. The van der Waals surface area contributed by atoms with Crippen molar-refractivity contribution in [1.29, 1.82) is 0 Å². The Balaban J connectivity index is 0.753. The highest BCUT2D eigenvalue weighted by molar-refractivity contribution is 9.10. The van der Waals surface area contributed by atoms with Crippen molar-refractivity contribution in [3.05, 3.63) is 94.6 Å². The summed E-state index contributed by atoms with van der Waals surface area (Å²) in [4.78, 5) is 65.1. The Hall–Kier alpha value is -6.71. The predicted molar refractivity (Wildman–Crippen MR) is 282 cm³/mol. The molecule has 0 bridgehead atoms. The number of rotatable bonds is 13. The first-order valence-electron chi connectivity index (χ1n) is 24.3. The Bertz CT molecular complexity index is 3190. The molecule has 3 aromatic carbocycles. The Morgan fingerprint density at radius 1 is 0.917 bits per heavy atom. The molecule has 72 heavy (non-hydrogen) atoms. The van der Waals surface area contributed by atoms with E-state index in [1.54, 1.807) is 50.0 Å². The maximum Gasteiger partial charge on any atom is 0.255 e. The fourth-order valence-corrected chi connectivity index (χ4v) is 12.1. The molecule has 1 unspecified atom stereocenters. The average molecular weight is 1050 g/mol. The molecule has 6 aromatic rings. The molecule has 0 saturated carbocycles. The number of nitrogens with one attached hydrogen (secondary N) is 3. The number of hydrogen-bond acceptors (Lipinski definition) is 15. The molecule has 3 amide bonds. The molecule has 7 heterocycles. The van der Waals surface area contributed by atoms with Gasteiger partial charge in [-0.1, -0.05) is 17.9 Å². The molecule has 10 rings (SSSR count). The summed E-state index contributed by atoms with van der Waals surface area (Å²) in [5.74, 6) is 7.25. The van der Waals surface area contributed by atoms with Crippen LogP contribution in [0.1, 0.15) is 60.0 Å². The number of piperazine rings is 1. The highest BCUT2D eigenvalue weighted by Gasteiger charge is 2.40. The van der Waals surface area contributed by atoms with Gasteiger partial charge in [0, 0.05) is 117 Å². The molecule has 3 saturated heterocycles. The minimum absolute atomic E-state index is 0.181. The van der Waals surface area contributed by atoms with E-state index in [0.29, 0.717) is 74.3 Å². The van der Waals surface area contributed by atoms with Crippen LogP contribution < -0.4 is 30.9 Å². The second-order valence-electron chi connectivity index (χ2n) is 19.1. The Morgan fingerprint density at radius 2 is 1.72 bits per heavy atom. The molecule has 372 valence electrons. The van der Waals surface area contributed by atoms with E-state index in [2.05, 4.69) is 90.6 Å². The number of methoxy groups -OCH3 is 1. The van der Waals surface area contributed by atoms with E-state index >= 15 is 0 Å². The number of nitrogens with zero attached hydrogens (tertiary/aromatic N) is 10. The van der Waals surface area contributed by atoms with Gasteiger partial charge in [-0.25, -0.2) is 4.98 Å². The van der Waals surface area contributed by atoms with Crippen LogP contribution in [0.5, 0.6) is 5.75 Å². The number of amides is 3. The van der Waals surface area contributed by atoms with Crippen LogP contribution >= 0.6 is 23.1 Å². The van der Waals surface area contributed by atoms with Gasteiger partial charge in [0.1, 0.15) is 30.3 Å². The maximum absolute atomic E-state index is 13.6. The van der Waals surface area contributed by atoms with Gasteiger partial charge in [-0.2, -0.15) is 10.1 Å². The van der Waals surface area contributed by atoms with Crippen LogP contribution in [-0.2, 0) is 27.7 Å². The van der Waals surface area contributed by atoms with Crippen molar-refractivity contribution in [2.75, 3.05) is 81.8 Å². The van der Waals surface area contributed by atoms with E-state index in [0.717, 1.165) is 99.4 Å². The quantitative estimate of drug-likeness (QED) is 0.0490. The fraction of sp³-hybridized carbons (Fsp3) is 0.385. The first-order valence-corrected chi connectivity index (χ1v) is 27.7. The first-order chi connectivity index (χ1) is 34.8. The number of anilines is 5. The van der Waals surface area contributed by atoms with Crippen LogP contribution in [-0.4, -0.2) is 140 Å². The summed E-state index contributed by atoms with van der Waals surface area (Å²) in [6.45, 7) is 10.5. The SMILES string of the molecule is COc1cc(N2CCN(C3CCN(CCCC#Cc4cccc5c4CN(C4CCC(=O)NC4=O)C5=O)CC3)CC2)c(-c2cnn(C)c2)cc1Nc1ncc(Br)c(Nc2ccc3nccnc3c2P(C)(C)=O)n1. The topological polar surface area (TPSA) is 196 Å². The minimum atomic E-state index is -2.81. The number of aryl methyl sites for hydroxylation is 1. The molecule has 3 fully saturated rings. The number of benzene rings is 3. The predicted octanol–water partition coefficient (Wildman–Crippen LogP) is 6.51. The summed E-state index contributed by atoms with van der Waals surface area (Å²) < 4.78 is 22.1. The summed E-state index contributed by atoms with van der Waals surface area (Å²) in [5, 5.41) is 14.3. The summed E-state index contributed by atoms with van der Waals surface area (Å²) in [7, 11) is 0.777. The Labute approximate surface area is 426 Å². The third-order valence-electron chi connectivity index (χ3n) is 14.0. The average Bonchev–Trinajstić information content (AvgIpc) is 3.97. The zero-order valence-corrected chi connectivity index (χ0v) is 43.3. The van der Waals surface area contributed by atoms with Gasteiger partial charge in [-0.15, -0.1) is 0 Å². The highest BCUT2D eigenvalue weighted by Crippen LogP contribution is 2.43. The molecule has 3 N–H and O–H groups in total. The second kappa shape index (κ2) is 20.8. The fourth-order valence-electron chi connectivity index (χ4n) is 10.4. The zero-order chi connectivity index (χ0) is 50.1. The summed E-state index contributed by atoms with van der Waals surface area (Å²) >= 11 is 3.61. The number of unbranched alkanes of at least 4 members (excludes halogenated alkanes) is 1. The van der Waals surface area contributed by atoms with Gasteiger partial charge in [-0.3, -0.25) is 39.3 Å². The Kier molecular flexibility index (Phi) is 14.1. The minimum Gasteiger partial charge on any atom is -0.494 e. The normalized spacial score (nSPS) is 18.0. The van der Waals surface area contributed by atoms with Crippen LogP contribution in [0.3, 0.4) is 0 Å². The van der Waals surface area contributed by atoms with Gasteiger partial charge in [0.05, 0.1) is 40.0 Å². The molecule has 1 atom stereocenters. The number of halogens is 1. The van der Waals surface area contributed by atoms with Gasteiger partial charge in [0.25, 0.3) is 5.91 Å². The summed E-state index contributed by atoms with van der Waals surface area (Å²) in [6, 6.07) is 13.4. The second-order valence-corrected chi connectivity index (χ2v) is 23.1. The van der Waals surface area contributed by atoms with E-state index in [1.807, 2.05) is 48.4 Å². The molecule has 3 aromatic heterocycles. The van der Waals surface area contributed by atoms with Gasteiger partial charge < -0.3 is 34.6 Å². The zero-order valence-electron chi connectivity index (χ0n) is 40.8. The smallest absolute Gasteiger partial charge is 0.255 e. The van der Waals surface area contributed by atoms with E-state index in [9.17, 15) is 18.9 Å². The van der Waals surface area contributed by atoms with Gasteiger partial charge in [-0.05, 0) is 110 Å². The molecule has 4 aliphatic rings. The Morgan fingerprint density at radius 3 is 2.47 bits per heavy atom.